The van der Waals surface area contributed by atoms with E-state index in [2.05, 4.69) is 51.6 Å². The van der Waals surface area contributed by atoms with Crippen molar-refractivity contribution in [2.75, 3.05) is 6.61 Å². The molecule has 1 aromatic carbocycles. The maximum Gasteiger partial charge on any atom is 0.111 e. The zero-order chi connectivity index (χ0) is 14.6. The fourth-order valence-corrected chi connectivity index (χ4v) is 2.74. The van der Waals surface area contributed by atoms with Crippen LogP contribution in [0.5, 0.6) is 0 Å². The summed E-state index contributed by atoms with van der Waals surface area (Å²) in [7, 11) is 0. The van der Waals surface area contributed by atoms with E-state index >= 15 is 0 Å². The molecule has 0 aromatic heterocycles. The van der Waals surface area contributed by atoms with Gasteiger partial charge in [0.05, 0.1) is 18.5 Å². The Morgan fingerprint density at radius 1 is 1.40 bits per heavy atom. The average molecular weight is 274 g/mol. The van der Waals surface area contributed by atoms with Gasteiger partial charge in [0.1, 0.15) is 5.60 Å². The number of ether oxygens (including phenoxy) is 2. The van der Waals surface area contributed by atoms with Crippen LogP contribution in [0.3, 0.4) is 0 Å². The third-order valence-corrected chi connectivity index (χ3v) is 3.94. The van der Waals surface area contributed by atoms with Gasteiger partial charge in [-0.2, -0.15) is 0 Å². The molecule has 1 fully saturated rings. The quantitative estimate of drug-likeness (QED) is 0.708. The zero-order valence-electron chi connectivity index (χ0n) is 12.9. The average Bonchev–Trinajstić information content (AvgIpc) is 2.39. The highest BCUT2D eigenvalue weighted by Gasteiger charge is 2.35. The van der Waals surface area contributed by atoms with Crippen molar-refractivity contribution < 1.29 is 9.47 Å². The van der Waals surface area contributed by atoms with Gasteiger partial charge in [0.15, 0.2) is 0 Å². The number of hydrogen-bond acceptors (Lipinski definition) is 2. The Balaban J connectivity index is 2.03. The molecular weight excluding hydrogens is 248 g/mol. The lowest BCUT2D eigenvalue weighted by Gasteiger charge is -2.39. The second kappa shape index (κ2) is 6.45. The molecule has 0 bridgehead atoms. The molecule has 2 atom stereocenters. The minimum absolute atomic E-state index is 0.128. The number of rotatable bonds is 5. The molecule has 2 rings (SSSR count). The van der Waals surface area contributed by atoms with Gasteiger partial charge in [-0.15, -0.1) is 0 Å². The van der Waals surface area contributed by atoms with Crippen LogP contribution in [-0.4, -0.2) is 12.2 Å². The molecule has 20 heavy (non-hydrogen) atoms. The van der Waals surface area contributed by atoms with Gasteiger partial charge in [-0.1, -0.05) is 43.3 Å². The van der Waals surface area contributed by atoms with Crippen LogP contribution in [0.1, 0.15) is 56.8 Å². The molecule has 0 radical (unpaired) electrons. The molecule has 1 heterocycles. The van der Waals surface area contributed by atoms with E-state index in [4.69, 9.17) is 9.47 Å². The Bertz CT molecular complexity index is 449. The molecular formula is C18H26O2. The first-order valence-electron chi connectivity index (χ1n) is 7.57. The summed E-state index contributed by atoms with van der Waals surface area (Å²) in [5.41, 5.74) is 2.37. The van der Waals surface area contributed by atoms with Gasteiger partial charge < -0.3 is 9.47 Å². The van der Waals surface area contributed by atoms with Crippen LogP contribution in [-0.2, 0) is 9.47 Å². The van der Waals surface area contributed by atoms with Gasteiger partial charge >= 0.3 is 0 Å². The Morgan fingerprint density at radius 3 is 2.75 bits per heavy atom. The van der Waals surface area contributed by atoms with E-state index in [0.29, 0.717) is 0 Å². The molecule has 1 saturated heterocycles. The van der Waals surface area contributed by atoms with E-state index in [0.717, 1.165) is 38.0 Å². The minimum atomic E-state index is -0.153. The van der Waals surface area contributed by atoms with Crippen LogP contribution in [0.2, 0.25) is 0 Å². The van der Waals surface area contributed by atoms with Crippen LogP contribution < -0.4 is 0 Å². The predicted molar refractivity (Wildman–Crippen MR) is 82.6 cm³/mol. The maximum atomic E-state index is 6.12. The van der Waals surface area contributed by atoms with Crippen LogP contribution in [0, 0.1) is 6.92 Å². The maximum absolute atomic E-state index is 6.12. The van der Waals surface area contributed by atoms with Crippen molar-refractivity contribution in [2.45, 2.75) is 58.2 Å². The molecule has 1 aliphatic rings. The molecule has 0 N–H and O–H groups in total. The van der Waals surface area contributed by atoms with E-state index < -0.39 is 0 Å². The highest BCUT2D eigenvalue weighted by atomic mass is 16.5. The Kier molecular flexibility index (Phi) is 4.87. The second-order valence-electron chi connectivity index (χ2n) is 6.06. The predicted octanol–water partition coefficient (Wildman–Crippen LogP) is 4.94. The van der Waals surface area contributed by atoms with Crippen molar-refractivity contribution in [3.05, 3.63) is 47.7 Å². The third-order valence-electron chi connectivity index (χ3n) is 3.94. The van der Waals surface area contributed by atoms with Crippen molar-refractivity contribution in [1.29, 1.82) is 0 Å². The molecule has 0 amide bonds. The Morgan fingerprint density at radius 2 is 2.10 bits per heavy atom. The molecule has 110 valence electrons. The van der Waals surface area contributed by atoms with Gasteiger partial charge in [-0.05, 0) is 25.8 Å². The lowest BCUT2D eigenvalue weighted by molar-refractivity contribution is -0.110. The smallest absolute Gasteiger partial charge is 0.111 e. The molecule has 2 heteroatoms. The van der Waals surface area contributed by atoms with Gasteiger partial charge in [-0.3, -0.25) is 0 Å². The molecule has 0 spiro atoms. The summed E-state index contributed by atoms with van der Waals surface area (Å²) >= 11 is 0. The van der Waals surface area contributed by atoms with Crippen LogP contribution in [0.4, 0.5) is 0 Å². The molecule has 0 aliphatic carbocycles. The fraction of sp³-hybridized carbons (Fsp3) is 0.556. The Labute approximate surface area is 122 Å². The SMILES string of the molecule is C=C(CCC)OC1(C)CCO[C@H](c2ccc(C)cc2)C1. The molecule has 0 saturated carbocycles. The zero-order valence-corrected chi connectivity index (χ0v) is 12.9. The van der Waals surface area contributed by atoms with Crippen LogP contribution in [0.15, 0.2) is 36.6 Å². The number of allylic oxidation sites excluding steroid dienone is 1. The topological polar surface area (TPSA) is 18.5 Å². The number of aryl methyl sites for hydroxylation is 1. The van der Waals surface area contributed by atoms with Gasteiger partial charge in [0.2, 0.25) is 0 Å². The van der Waals surface area contributed by atoms with Gasteiger partial charge in [0, 0.05) is 19.3 Å². The van der Waals surface area contributed by atoms with E-state index in [1.165, 1.54) is 11.1 Å². The van der Waals surface area contributed by atoms with Crippen LogP contribution in [0.25, 0.3) is 0 Å². The van der Waals surface area contributed by atoms with Crippen molar-refractivity contribution >= 4 is 0 Å². The number of benzene rings is 1. The first kappa shape index (κ1) is 15.1. The highest BCUT2D eigenvalue weighted by molar-refractivity contribution is 5.24. The Hall–Kier alpha value is -1.28. The summed E-state index contributed by atoms with van der Waals surface area (Å²) in [6.07, 6.45) is 3.96. The normalized spacial score (nSPS) is 26.2. The van der Waals surface area contributed by atoms with Crippen molar-refractivity contribution in [3.63, 3.8) is 0 Å². The second-order valence-corrected chi connectivity index (χ2v) is 6.06. The molecule has 1 aliphatic heterocycles. The van der Waals surface area contributed by atoms with Gasteiger partial charge in [0.25, 0.3) is 0 Å². The summed E-state index contributed by atoms with van der Waals surface area (Å²) in [6.45, 7) is 11.2. The van der Waals surface area contributed by atoms with E-state index in [9.17, 15) is 0 Å². The first-order chi connectivity index (χ1) is 9.52. The molecule has 2 nitrogen and oxygen atoms in total. The summed E-state index contributed by atoms with van der Waals surface area (Å²) in [6, 6.07) is 8.60. The lowest BCUT2D eigenvalue weighted by Crippen LogP contribution is -2.37. The van der Waals surface area contributed by atoms with E-state index in [1.54, 1.807) is 0 Å². The lowest BCUT2D eigenvalue weighted by atomic mass is 9.88. The largest absolute Gasteiger partial charge is 0.492 e. The standard InChI is InChI=1S/C18H26O2/c1-5-6-15(3)20-18(4)11-12-19-17(13-18)16-9-7-14(2)8-10-16/h7-10,17H,3,5-6,11-13H2,1-2,4H3/t17-,18?/m0/s1. The summed E-state index contributed by atoms with van der Waals surface area (Å²) in [5.74, 6) is 0.902. The summed E-state index contributed by atoms with van der Waals surface area (Å²) in [5, 5.41) is 0. The number of hydrogen-bond donors (Lipinski definition) is 0. The molecule has 1 unspecified atom stereocenters. The summed E-state index contributed by atoms with van der Waals surface area (Å²) in [4.78, 5) is 0. The first-order valence-corrected chi connectivity index (χ1v) is 7.57. The summed E-state index contributed by atoms with van der Waals surface area (Å²) < 4.78 is 12.1. The minimum Gasteiger partial charge on any atom is -0.492 e. The van der Waals surface area contributed by atoms with E-state index in [1.807, 2.05) is 0 Å². The van der Waals surface area contributed by atoms with Crippen molar-refractivity contribution in [3.8, 4) is 0 Å². The van der Waals surface area contributed by atoms with Gasteiger partial charge in [-0.25, -0.2) is 0 Å². The van der Waals surface area contributed by atoms with E-state index in [-0.39, 0.29) is 11.7 Å². The monoisotopic (exact) mass is 274 g/mol. The molecule has 1 aromatic rings. The third kappa shape index (κ3) is 3.86. The van der Waals surface area contributed by atoms with Crippen molar-refractivity contribution in [1.82, 2.24) is 0 Å². The fourth-order valence-electron chi connectivity index (χ4n) is 2.74. The van der Waals surface area contributed by atoms with Crippen LogP contribution >= 0.6 is 0 Å². The highest BCUT2D eigenvalue weighted by Crippen LogP contribution is 2.38. The van der Waals surface area contributed by atoms with Crippen molar-refractivity contribution in [2.24, 2.45) is 0 Å².